The van der Waals surface area contributed by atoms with Gasteiger partial charge in [0.15, 0.2) is 5.03 Å². The Kier molecular flexibility index (Phi) is 5.76. The number of halogens is 1. The van der Waals surface area contributed by atoms with E-state index in [2.05, 4.69) is 16.9 Å². The number of hydrogen-bond acceptors (Lipinski definition) is 4. The van der Waals surface area contributed by atoms with Crippen molar-refractivity contribution in [2.45, 2.75) is 37.8 Å². The zero-order valence-corrected chi connectivity index (χ0v) is 13.0. The normalized spacial score (nSPS) is 12.9. The van der Waals surface area contributed by atoms with Crippen LogP contribution in [-0.2, 0) is 20.3 Å². The lowest BCUT2D eigenvalue weighted by molar-refractivity contribution is -0.123. The van der Waals surface area contributed by atoms with Gasteiger partial charge in [0.05, 0.1) is 0 Å². The highest BCUT2D eigenvalue weighted by atomic mass is 35.7. The Balaban J connectivity index is 3.11. The minimum absolute atomic E-state index is 0.231. The first-order valence-corrected chi connectivity index (χ1v) is 8.53. The van der Waals surface area contributed by atoms with E-state index in [4.69, 9.17) is 10.7 Å². The number of amides is 1. The molecule has 112 valence electrons. The second-order valence-corrected chi connectivity index (χ2v) is 6.81. The zero-order valence-electron chi connectivity index (χ0n) is 11.5. The van der Waals surface area contributed by atoms with Crippen molar-refractivity contribution in [3.63, 3.8) is 0 Å². The van der Waals surface area contributed by atoms with Crippen molar-refractivity contribution in [2.24, 2.45) is 0 Å². The highest BCUT2D eigenvalue weighted by Gasteiger charge is 2.23. The monoisotopic (exact) mass is 319 g/mol. The molecule has 1 heterocycles. The van der Waals surface area contributed by atoms with Crippen LogP contribution in [-0.4, -0.2) is 30.4 Å². The number of rotatable bonds is 7. The largest absolute Gasteiger partial charge is 0.351 e. The Labute approximate surface area is 123 Å². The predicted molar refractivity (Wildman–Crippen MR) is 77.2 cm³/mol. The molecule has 0 aliphatic rings. The summed E-state index contributed by atoms with van der Waals surface area (Å²) in [6.45, 7) is 7.48. The molecule has 20 heavy (non-hydrogen) atoms. The fourth-order valence-electron chi connectivity index (χ4n) is 1.72. The predicted octanol–water partition coefficient (Wildman–Crippen LogP) is 1.63. The van der Waals surface area contributed by atoms with E-state index in [1.165, 1.54) is 10.8 Å². The Hall–Kier alpha value is -1.34. The number of carbonyl (C=O) groups excluding carboxylic acids is 1. The van der Waals surface area contributed by atoms with Crippen molar-refractivity contribution in [2.75, 3.05) is 6.54 Å². The Morgan fingerprint density at radius 3 is 2.80 bits per heavy atom. The third-order valence-electron chi connectivity index (χ3n) is 2.73. The molecule has 0 saturated heterocycles. The van der Waals surface area contributed by atoms with Gasteiger partial charge in [0.25, 0.3) is 9.05 Å². The highest BCUT2D eigenvalue weighted by molar-refractivity contribution is 8.13. The lowest BCUT2D eigenvalue weighted by Crippen LogP contribution is -2.31. The average Bonchev–Trinajstić information content (AvgIpc) is 2.79. The van der Waals surface area contributed by atoms with Crippen molar-refractivity contribution in [3.8, 4) is 0 Å². The van der Waals surface area contributed by atoms with Gasteiger partial charge in [0.2, 0.25) is 5.91 Å². The number of imidazole rings is 1. The number of nitrogens with zero attached hydrogens (tertiary/aromatic N) is 2. The molecule has 8 heteroatoms. The summed E-state index contributed by atoms with van der Waals surface area (Å²) in [7, 11) is 1.39. The van der Waals surface area contributed by atoms with Gasteiger partial charge in [-0.25, -0.2) is 13.4 Å². The van der Waals surface area contributed by atoms with Crippen molar-refractivity contribution in [1.29, 1.82) is 0 Å². The molecule has 1 unspecified atom stereocenters. The van der Waals surface area contributed by atoms with Gasteiger partial charge in [-0.05, 0) is 13.3 Å². The van der Waals surface area contributed by atoms with E-state index in [0.717, 1.165) is 6.42 Å². The van der Waals surface area contributed by atoms with Crippen LogP contribution < -0.4 is 5.32 Å². The Morgan fingerprint density at radius 1 is 1.65 bits per heavy atom. The van der Waals surface area contributed by atoms with Gasteiger partial charge in [0.1, 0.15) is 11.9 Å². The molecule has 0 bridgehead atoms. The molecular weight excluding hydrogens is 302 g/mol. The van der Waals surface area contributed by atoms with Gasteiger partial charge in [-0.2, -0.15) is 0 Å². The van der Waals surface area contributed by atoms with E-state index in [0.29, 0.717) is 18.8 Å². The third-order valence-corrected chi connectivity index (χ3v) is 3.90. The second-order valence-electron chi connectivity index (χ2n) is 4.30. The van der Waals surface area contributed by atoms with Crippen LogP contribution in [0, 0.1) is 0 Å². The van der Waals surface area contributed by atoms with Gasteiger partial charge in [-0.15, -0.1) is 6.58 Å². The van der Waals surface area contributed by atoms with Crippen LogP contribution in [0.5, 0.6) is 0 Å². The lowest BCUT2D eigenvalue weighted by atomic mass is 10.2. The number of nitrogens with one attached hydrogen (secondary N) is 1. The maximum Gasteiger partial charge on any atom is 0.280 e. The summed E-state index contributed by atoms with van der Waals surface area (Å²) in [5.41, 5.74) is 0. The van der Waals surface area contributed by atoms with Gasteiger partial charge >= 0.3 is 0 Å². The molecule has 0 saturated carbocycles. The summed E-state index contributed by atoms with van der Waals surface area (Å²) in [5, 5.41) is 2.43. The molecule has 1 N–H and O–H groups in total. The molecule has 1 aromatic rings. The molecule has 0 spiro atoms. The topological polar surface area (TPSA) is 81.1 Å². The van der Waals surface area contributed by atoms with E-state index in [1.807, 2.05) is 6.92 Å². The van der Waals surface area contributed by atoms with Crippen molar-refractivity contribution in [1.82, 2.24) is 14.9 Å². The minimum Gasteiger partial charge on any atom is -0.351 e. The van der Waals surface area contributed by atoms with Crippen LogP contribution in [0.2, 0.25) is 0 Å². The lowest BCUT2D eigenvalue weighted by Gasteiger charge is -2.15. The number of aromatic nitrogens is 2. The Bertz CT molecular complexity index is 595. The van der Waals surface area contributed by atoms with Crippen molar-refractivity contribution in [3.05, 3.63) is 24.7 Å². The molecule has 1 amide bonds. The molecular formula is C12H18ClN3O3S. The molecule has 0 aliphatic carbocycles. The number of carbonyl (C=O) groups is 1. The zero-order chi connectivity index (χ0) is 15.3. The van der Waals surface area contributed by atoms with Gasteiger partial charge in [-0.3, -0.25) is 4.79 Å². The quantitative estimate of drug-likeness (QED) is 0.611. The van der Waals surface area contributed by atoms with Crippen molar-refractivity contribution < 1.29 is 13.2 Å². The Morgan fingerprint density at radius 2 is 2.30 bits per heavy atom. The highest BCUT2D eigenvalue weighted by Crippen LogP contribution is 2.19. The van der Waals surface area contributed by atoms with Crippen LogP contribution >= 0.6 is 10.7 Å². The van der Waals surface area contributed by atoms with Gasteiger partial charge < -0.3 is 9.88 Å². The van der Waals surface area contributed by atoms with E-state index >= 15 is 0 Å². The fourth-order valence-corrected chi connectivity index (χ4v) is 2.39. The smallest absolute Gasteiger partial charge is 0.280 e. The second kappa shape index (κ2) is 6.90. The summed E-state index contributed by atoms with van der Waals surface area (Å²) in [6.07, 6.45) is 4.21. The summed E-state index contributed by atoms with van der Waals surface area (Å²) < 4.78 is 24.2. The third kappa shape index (κ3) is 4.08. The van der Waals surface area contributed by atoms with Crippen LogP contribution in [0.25, 0.3) is 0 Å². The first-order chi connectivity index (χ1) is 9.31. The van der Waals surface area contributed by atoms with E-state index < -0.39 is 15.1 Å². The maximum absolute atomic E-state index is 11.9. The molecule has 0 aliphatic heterocycles. The average molecular weight is 320 g/mol. The first kappa shape index (κ1) is 16.7. The molecule has 6 nitrogen and oxygen atoms in total. The molecule has 1 rings (SSSR count). The minimum atomic E-state index is -3.91. The number of aryl methyl sites for hydroxylation is 1. The standard InChI is InChI=1S/C12H18ClN3O3S/c1-4-6-10-15-11(20(13,18)19)8-16(10)9(3)12(17)14-7-5-2/h5,8-9H,2,4,6-7H2,1,3H3,(H,14,17). The van der Waals surface area contributed by atoms with E-state index in [-0.39, 0.29) is 10.9 Å². The van der Waals surface area contributed by atoms with Crippen LogP contribution in [0.1, 0.15) is 32.1 Å². The van der Waals surface area contributed by atoms with Crippen LogP contribution in [0.3, 0.4) is 0 Å². The van der Waals surface area contributed by atoms with Crippen LogP contribution in [0.4, 0.5) is 0 Å². The molecule has 1 atom stereocenters. The molecule has 0 fully saturated rings. The van der Waals surface area contributed by atoms with E-state index in [9.17, 15) is 13.2 Å². The molecule has 0 radical (unpaired) electrons. The van der Waals surface area contributed by atoms with Gasteiger partial charge in [0, 0.05) is 29.8 Å². The molecule has 0 aromatic carbocycles. The van der Waals surface area contributed by atoms with Crippen molar-refractivity contribution >= 4 is 25.6 Å². The SMILES string of the molecule is C=CCNC(=O)C(C)n1cc(S(=O)(=O)Cl)nc1CCC. The fraction of sp³-hybridized carbons (Fsp3) is 0.500. The summed E-state index contributed by atoms with van der Waals surface area (Å²) >= 11 is 0. The van der Waals surface area contributed by atoms with E-state index in [1.54, 1.807) is 13.0 Å². The summed E-state index contributed by atoms with van der Waals surface area (Å²) in [4.78, 5) is 15.9. The van der Waals surface area contributed by atoms with Gasteiger partial charge in [-0.1, -0.05) is 13.0 Å². The van der Waals surface area contributed by atoms with Crippen LogP contribution in [0.15, 0.2) is 23.9 Å². The summed E-state index contributed by atoms with van der Waals surface area (Å²) in [5.74, 6) is 0.283. The summed E-state index contributed by atoms with van der Waals surface area (Å²) in [6, 6.07) is -0.573. The number of hydrogen-bond donors (Lipinski definition) is 1. The molecule has 1 aromatic heterocycles. The first-order valence-electron chi connectivity index (χ1n) is 6.22. The maximum atomic E-state index is 11.9.